The number of aliphatic hydroxyl groups is 1. The molecule has 4 nitrogen and oxygen atoms in total. The fourth-order valence-electron chi connectivity index (χ4n) is 5.44. The zero-order chi connectivity index (χ0) is 33.3. The molecule has 2 heterocycles. The fourth-order valence-corrected chi connectivity index (χ4v) is 5.44. The molecule has 247 valence electrons. The predicted octanol–water partition coefficient (Wildman–Crippen LogP) is 10.4. The normalized spacial score (nSPS) is 13.3. The standard InChI is InChI=1S/C30H31N2.C11H20O2.Ir/c1-19(2)12-20-13-22-10-11-23-18-31-28(16-26(23)29(22)32-17-20)24-14-21-8-6-7-9-25(21)27(15-24)30(3,4)5;1-10(2,3)8(12)7-9(13)11(4,5)6;/h6-9,13,15-19H,10-12H2,1-5H3;7,12H,1-6H3;/q-1;;/b;8-7-;. The Morgan fingerprint density at radius 2 is 1.54 bits per heavy atom. The number of hydrogen-bond acceptors (Lipinski definition) is 4. The molecule has 0 fully saturated rings. The van der Waals surface area contributed by atoms with Crippen molar-refractivity contribution in [3.05, 3.63) is 95.0 Å². The first-order chi connectivity index (χ1) is 20.8. The van der Waals surface area contributed by atoms with E-state index >= 15 is 0 Å². The molecule has 1 radical (unpaired) electrons. The number of aryl methyl sites for hydroxylation is 2. The molecule has 0 unspecified atom stereocenters. The Morgan fingerprint density at radius 3 is 2.15 bits per heavy atom. The quantitative estimate of drug-likeness (QED) is 0.127. The van der Waals surface area contributed by atoms with Crippen molar-refractivity contribution in [2.75, 3.05) is 0 Å². The number of carbonyl (C=O) groups is 1. The summed E-state index contributed by atoms with van der Waals surface area (Å²) >= 11 is 0. The van der Waals surface area contributed by atoms with Crippen LogP contribution in [-0.2, 0) is 49.6 Å². The third kappa shape index (κ3) is 9.01. The first-order valence-corrected chi connectivity index (χ1v) is 16.2. The number of aromatic nitrogens is 2. The van der Waals surface area contributed by atoms with Crippen LogP contribution in [0.4, 0.5) is 0 Å². The predicted molar refractivity (Wildman–Crippen MR) is 189 cm³/mol. The van der Waals surface area contributed by atoms with Gasteiger partial charge in [0, 0.05) is 55.1 Å². The summed E-state index contributed by atoms with van der Waals surface area (Å²) in [6, 6.07) is 19.1. The van der Waals surface area contributed by atoms with Gasteiger partial charge in [-0.3, -0.25) is 14.8 Å². The maximum atomic E-state index is 11.5. The maximum absolute atomic E-state index is 11.5. The van der Waals surface area contributed by atoms with E-state index in [1.54, 1.807) is 0 Å². The number of ketones is 1. The van der Waals surface area contributed by atoms with Gasteiger partial charge in [-0.25, -0.2) is 0 Å². The van der Waals surface area contributed by atoms with E-state index < -0.39 is 5.41 Å². The SMILES string of the molecule is CC(C)(C)C(=O)/C=C(\O)C(C)(C)C.CC(C)Cc1cnc2c(c1)CCc1cnc(-c3[c-]c4ccccc4c(C(C)(C)C)c3)cc1-2.[Ir]. The van der Waals surface area contributed by atoms with E-state index in [4.69, 9.17) is 9.97 Å². The molecule has 1 N–H and O–H groups in total. The monoisotopic (exact) mass is 796 g/mol. The third-order valence-corrected chi connectivity index (χ3v) is 8.21. The van der Waals surface area contributed by atoms with Crippen LogP contribution >= 0.6 is 0 Å². The summed E-state index contributed by atoms with van der Waals surface area (Å²) < 4.78 is 0. The molecule has 2 aromatic heterocycles. The van der Waals surface area contributed by atoms with E-state index in [0.717, 1.165) is 41.6 Å². The molecule has 1 aliphatic rings. The summed E-state index contributed by atoms with van der Waals surface area (Å²) in [7, 11) is 0. The van der Waals surface area contributed by atoms with E-state index in [9.17, 15) is 9.90 Å². The number of allylic oxidation sites excluding steroid dienone is 2. The van der Waals surface area contributed by atoms with Crippen LogP contribution in [0, 0.1) is 22.8 Å². The second kappa shape index (κ2) is 14.3. The minimum absolute atomic E-state index is 0. The van der Waals surface area contributed by atoms with Gasteiger partial charge in [0.1, 0.15) is 5.76 Å². The molecule has 5 rings (SSSR count). The van der Waals surface area contributed by atoms with Gasteiger partial charge in [0.15, 0.2) is 5.78 Å². The Labute approximate surface area is 290 Å². The van der Waals surface area contributed by atoms with E-state index in [1.165, 1.54) is 39.3 Å². The van der Waals surface area contributed by atoms with Crippen molar-refractivity contribution in [1.29, 1.82) is 0 Å². The number of fused-ring (bicyclic) bond motifs is 4. The Hall–Kier alpha value is -3.14. The van der Waals surface area contributed by atoms with Gasteiger partial charge < -0.3 is 5.11 Å². The Morgan fingerprint density at radius 1 is 0.891 bits per heavy atom. The second-order valence-corrected chi connectivity index (χ2v) is 16.0. The summed E-state index contributed by atoms with van der Waals surface area (Å²) in [6.07, 6.45) is 8.59. The molecule has 0 spiro atoms. The van der Waals surface area contributed by atoms with Crippen LogP contribution < -0.4 is 0 Å². The van der Waals surface area contributed by atoms with Crippen LogP contribution in [0.5, 0.6) is 0 Å². The van der Waals surface area contributed by atoms with Crippen molar-refractivity contribution < 1.29 is 30.0 Å². The maximum Gasteiger partial charge on any atom is 0.164 e. The Balaban J connectivity index is 0.000000352. The number of hydrogen-bond donors (Lipinski definition) is 1. The van der Waals surface area contributed by atoms with Crippen molar-refractivity contribution in [2.45, 2.75) is 101 Å². The van der Waals surface area contributed by atoms with Crippen molar-refractivity contribution in [1.82, 2.24) is 9.97 Å². The molecule has 0 saturated heterocycles. The van der Waals surface area contributed by atoms with Crippen LogP contribution in [0.3, 0.4) is 0 Å². The number of aliphatic hydroxyl groups excluding tert-OH is 1. The average Bonchev–Trinajstić information content (AvgIpc) is 2.94. The number of carbonyl (C=O) groups excluding carboxylic acids is 1. The van der Waals surface area contributed by atoms with E-state index in [0.29, 0.717) is 5.92 Å². The Bertz CT molecular complexity index is 1730. The minimum atomic E-state index is -0.417. The van der Waals surface area contributed by atoms with Crippen molar-refractivity contribution in [3.8, 4) is 22.5 Å². The molecule has 46 heavy (non-hydrogen) atoms. The summed E-state index contributed by atoms with van der Waals surface area (Å²) in [6.45, 7) is 22.5. The molecular weight excluding hydrogens is 745 g/mol. The number of rotatable bonds is 4. The van der Waals surface area contributed by atoms with Crippen molar-refractivity contribution in [2.24, 2.45) is 16.7 Å². The molecule has 0 saturated carbocycles. The molecule has 1 aliphatic carbocycles. The van der Waals surface area contributed by atoms with Gasteiger partial charge in [-0.15, -0.1) is 29.1 Å². The van der Waals surface area contributed by atoms with E-state index in [-0.39, 0.29) is 42.5 Å². The van der Waals surface area contributed by atoms with Crippen LogP contribution in [0.25, 0.3) is 33.3 Å². The van der Waals surface area contributed by atoms with Crippen LogP contribution in [0.2, 0.25) is 0 Å². The molecular formula is C41H51IrN2O2-. The van der Waals surface area contributed by atoms with Gasteiger partial charge in [-0.05, 0) is 52.8 Å². The van der Waals surface area contributed by atoms with E-state index in [2.05, 4.69) is 95.5 Å². The second-order valence-electron chi connectivity index (χ2n) is 16.0. The number of nitrogens with zero attached hydrogens (tertiary/aromatic N) is 2. The smallest absolute Gasteiger partial charge is 0.164 e. The summed E-state index contributed by atoms with van der Waals surface area (Å²) in [5, 5.41) is 12.0. The molecule has 0 amide bonds. The minimum Gasteiger partial charge on any atom is -0.512 e. The average molecular weight is 796 g/mol. The topological polar surface area (TPSA) is 63.1 Å². The van der Waals surface area contributed by atoms with Crippen LogP contribution in [-0.4, -0.2) is 20.9 Å². The molecule has 0 aliphatic heterocycles. The zero-order valence-electron chi connectivity index (χ0n) is 29.6. The van der Waals surface area contributed by atoms with Crippen LogP contribution in [0.1, 0.15) is 98.4 Å². The summed E-state index contributed by atoms with van der Waals surface area (Å²) in [5.41, 5.74) is 8.99. The van der Waals surface area contributed by atoms with Gasteiger partial charge >= 0.3 is 0 Å². The molecule has 4 aromatic rings. The van der Waals surface area contributed by atoms with Crippen molar-refractivity contribution in [3.63, 3.8) is 0 Å². The molecule has 0 atom stereocenters. The molecule has 2 aromatic carbocycles. The van der Waals surface area contributed by atoms with Gasteiger partial charge in [-0.2, -0.15) is 0 Å². The fraction of sp³-hybridized carbons (Fsp3) is 0.439. The van der Waals surface area contributed by atoms with E-state index in [1.807, 2.05) is 41.5 Å². The number of benzene rings is 2. The number of pyridine rings is 2. The zero-order valence-corrected chi connectivity index (χ0v) is 32.0. The van der Waals surface area contributed by atoms with Gasteiger partial charge in [-0.1, -0.05) is 117 Å². The Kier molecular flexibility index (Phi) is 11.6. The summed E-state index contributed by atoms with van der Waals surface area (Å²) in [5.74, 6) is 0.745. The molecule has 5 heteroatoms. The first kappa shape index (κ1) is 37.3. The van der Waals surface area contributed by atoms with Crippen molar-refractivity contribution >= 4 is 16.6 Å². The van der Waals surface area contributed by atoms with Gasteiger partial charge in [0.2, 0.25) is 0 Å². The third-order valence-electron chi connectivity index (χ3n) is 8.21. The molecule has 0 bridgehead atoms. The first-order valence-electron chi connectivity index (χ1n) is 16.2. The largest absolute Gasteiger partial charge is 0.512 e. The van der Waals surface area contributed by atoms with Gasteiger partial charge in [0.05, 0.1) is 5.69 Å². The summed E-state index contributed by atoms with van der Waals surface area (Å²) in [4.78, 5) is 21.3. The van der Waals surface area contributed by atoms with Gasteiger partial charge in [0.25, 0.3) is 0 Å². The van der Waals surface area contributed by atoms with Crippen LogP contribution in [0.15, 0.2) is 66.7 Å².